The Labute approximate surface area is 102 Å². The van der Waals surface area contributed by atoms with E-state index in [1.165, 1.54) is 6.26 Å². The first-order chi connectivity index (χ1) is 7.90. The average Bonchev–Trinajstić information content (AvgIpc) is 2.58. The topological polar surface area (TPSA) is 76.9 Å². The lowest BCUT2D eigenvalue weighted by atomic mass is 10.2. The van der Waals surface area contributed by atoms with Gasteiger partial charge >= 0.3 is 0 Å². The zero-order chi connectivity index (χ0) is 12.9. The molecule has 0 aromatic carbocycles. The lowest BCUT2D eigenvalue weighted by molar-refractivity contribution is 0.526. The normalized spacial score (nSPS) is 13.8. The number of aromatic nitrogens is 3. The largest absolute Gasteiger partial charge is 0.313 e. The van der Waals surface area contributed by atoms with E-state index in [1.807, 2.05) is 13.1 Å². The van der Waals surface area contributed by atoms with Crippen LogP contribution in [0.4, 0.5) is 0 Å². The minimum Gasteiger partial charge on any atom is -0.313 e. The number of aryl methyl sites for hydroxylation is 1. The quantitative estimate of drug-likeness (QED) is 0.733. The van der Waals surface area contributed by atoms with Gasteiger partial charge in [0.25, 0.3) is 0 Å². The molecule has 1 heterocycles. The first-order valence-corrected chi connectivity index (χ1v) is 7.73. The molecule has 0 aliphatic heterocycles. The molecule has 1 unspecified atom stereocenters. The summed E-state index contributed by atoms with van der Waals surface area (Å²) in [6, 6.07) is -0.0957. The van der Waals surface area contributed by atoms with Gasteiger partial charge in [-0.25, -0.2) is 8.42 Å². The van der Waals surface area contributed by atoms with E-state index in [2.05, 4.69) is 15.6 Å². The number of nitrogens with one attached hydrogen (secondary N) is 1. The second-order valence-corrected chi connectivity index (χ2v) is 6.52. The van der Waals surface area contributed by atoms with Crippen molar-refractivity contribution in [2.24, 2.45) is 7.05 Å². The Balaban J connectivity index is 2.63. The van der Waals surface area contributed by atoms with E-state index >= 15 is 0 Å². The van der Waals surface area contributed by atoms with Gasteiger partial charge in [-0.05, 0) is 13.0 Å². The van der Waals surface area contributed by atoms with Gasteiger partial charge in [0.1, 0.15) is 9.84 Å². The molecule has 17 heavy (non-hydrogen) atoms. The highest BCUT2D eigenvalue weighted by atomic mass is 32.2. The van der Waals surface area contributed by atoms with E-state index in [1.54, 1.807) is 11.7 Å². The smallest absolute Gasteiger partial charge is 0.148 e. The summed E-state index contributed by atoms with van der Waals surface area (Å²) in [6.07, 6.45) is 4.62. The van der Waals surface area contributed by atoms with Crippen LogP contribution < -0.4 is 5.32 Å². The average molecular weight is 260 g/mol. The summed E-state index contributed by atoms with van der Waals surface area (Å²) < 4.78 is 24.3. The highest BCUT2D eigenvalue weighted by Gasteiger charge is 2.16. The van der Waals surface area contributed by atoms with Crippen LogP contribution in [0.3, 0.4) is 0 Å². The van der Waals surface area contributed by atoms with Gasteiger partial charge in [0.2, 0.25) is 0 Å². The standard InChI is InChI=1S/C10H20N4O2S/c1-4-5-11-10(8-17(3,15)16)6-9-7-14(2)13-12-9/h7,10-11H,4-6,8H2,1-3H3. The van der Waals surface area contributed by atoms with Gasteiger partial charge in [0.05, 0.1) is 11.4 Å². The van der Waals surface area contributed by atoms with Crippen molar-refractivity contribution in [3.05, 3.63) is 11.9 Å². The van der Waals surface area contributed by atoms with Gasteiger partial charge in [-0.3, -0.25) is 4.68 Å². The van der Waals surface area contributed by atoms with Crippen LogP contribution in [0.5, 0.6) is 0 Å². The fourth-order valence-corrected chi connectivity index (χ4v) is 2.61. The minimum atomic E-state index is -2.98. The number of hydrogen-bond donors (Lipinski definition) is 1. The van der Waals surface area contributed by atoms with Gasteiger partial charge < -0.3 is 5.32 Å². The Hall–Kier alpha value is -0.950. The summed E-state index contributed by atoms with van der Waals surface area (Å²) in [4.78, 5) is 0. The molecular weight excluding hydrogens is 240 g/mol. The molecule has 98 valence electrons. The third-order valence-corrected chi connectivity index (χ3v) is 3.30. The van der Waals surface area contributed by atoms with Crippen LogP contribution in [0, 0.1) is 0 Å². The molecule has 0 spiro atoms. The maximum atomic E-state index is 11.3. The Kier molecular flexibility index (Phi) is 5.07. The summed E-state index contributed by atoms with van der Waals surface area (Å²) in [5.41, 5.74) is 0.810. The zero-order valence-corrected chi connectivity index (χ0v) is 11.4. The minimum absolute atomic E-state index is 0.0957. The Bertz CT molecular complexity index is 441. The third kappa shape index (κ3) is 5.78. The lowest BCUT2D eigenvalue weighted by Gasteiger charge is -2.15. The highest BCUT2D eigenvalue weighted by Crippen LogP contribution is 2.01. The summed E-state index contributed by atoms with van der Waals surface area (Å²) in [7, 11) is -1.19. The first-order valence-electron chi connectivity index (χ1n) is 5.67. The fraction of sp³-hybridized carbons (Fsp3) is 0.800. The maximum absolute atomic E-state index is 11.3. The van der Waals surface area contributed by atoms with E-state index in [-0.39, 0.29) is 11.8 Å². The first kappa shape index (κ1) is 14.1. The molecule has 0 bridgehead atoms. The molecule has 7 heteroatoms. The van der Waals surface area contributed by atoms with E-state index < -0.39 is 9.84 Å². The van der Waals surface area contributed by atoms with Crippen molar-refractivity contribution < 1.29 is 8.42 Å². The molecule has 1 aromatic rings. The predicted molar refractivity (Wildman–Crippen MR) is 66.5 cm³/mol. The summed E-state index contributed by atoms with van der Waals surface area (Å²) in [5, 5.41) is 11.0. The highest BCUT2D eigenvalue weighted by molar-refractivity contribution is 7.90. The second-order valence-electron chi connectivity index (χ2n) is 4.33. The molecule has 0 radical (unpaired) electrons. The SMILES string of the molecule is CCCNC(Cc1cn(C)nn1)CS(C)(=O)=O. The van der Waals surface area contributed by atoms with Gasteiger partial charge in [-0.15, -0.1) is 5.10 Å². The second kappa shape index (κ2) is 6.11. The van der Waals surface area contributed by atoms with Crippen LogP contribution in [-0.4, -0.2) is 48.0 Å². The van der Waals surface area contributed by atoms with Crippen LogP contribution >= 0.6 is 0 Å². The van der Waals surface area contributed by atoms with Crippen LogP contribution in [0.25, 0.3) is 0 Å². The van der Waals surface area contributed by atoms with Gasteiger partial charge in [-0.2, -0.15) is 0 Å². The van der Waals surface area contributed by atoms with Gasteiger partial charge in [0, 0.05) is 32.0 Å². The van der Waals surface area contributed by atoms with Gasteiger partial charge in [-0.1, -0.05) is 12.1 Å². The zero-order valence-electron chi connectivity index (χ0n) is 10.5. The molecule has 1 aromatic heterocycles. The third-order valence-electron chi connectivity index (χ3n) is 2.29. The van der Waals surface area contributed by atoms with Crippen molar-refractivity contribution in [3.8, 4) is 0 Å². The van der Waals surface area contributed by atoms with Crippen molar-refractivity contribution in [1.82, 2.24) is 20.3 Å². The van der Waals surface area contributed by atoms with Crippen LogP contribution in [-0.2, 0) is 23.3 Å². The molecule has 0 saturated heterocycles. The van der Waals surface area contributed by atoms with E-state index in [0.717, 1.165) is 18.7 Å². The van der Waals surface area contributed by atoms with Crippen LogP contribution in [0.15, 0.2) is 6.20 Å². The molecule has 1 N–H and O–H groups in total. The van der Waals surface area contributed by atoms with E-state index in [0.29, 0.717) is 6.42 Å². The number of sulfone groups is 1. The molecule has 0 fully saturated rings. The van der Waals surface area contributed by atoms with Crippen molar-refractivity contribution in [2.45, 2.75) is 25.8 Å². The molecule has 0 saturated carbocycles. The molecular formula is C10H20N4O2S. The Morgan fingerprint density at radius 1 is 1.53 bits per heavy atom. The molecule has 0 aliphatic carbocycles. The molecule has 1 atom stereocenters. The fourth-order valence-electron chi connectivity index (χ4n) is 1.65. The molecule has 6 nitrogen and oxygen atoms in total. The van der Waals surface area contributed by atoms with Gasteiger partial charge in [0.15, 0.2) is 0 Å². The van der Waals surface area contributed by atoms with E-state index in [9.17, 15) is 8.42 Å². The van der Waals surface area contributed by atoms with Crippen molar-refractivity contribution in [2.75, 3.05) is 18.6 Å². The summed E-state index contributed by atoms with van der Waals surface area (Å²) >= 11 is 0. The molecule has 0 aliphatic rings. The summed E-state index contributed by atoms with van der Waals surface area (Å²) in [6.45, 7) is 2.85. The molecule has 1 rings (SSSR count). The monoisotopic (exact) mass is 260 g/mol. The van der Waals surface area contributed by atoms with Crippen molar-refractivity contribution >= 4 is 9.84 Å². The maximum Gasteiger partial charge on any atom is 0.148 e. The summed E-state index contributed by atoms with van der Waals surface area (Å²) in [5.74, 6) is 0.129. The number of rotatable bonds is 7. The lowest BCUT2D eigenvalue weighted by Crippen LogP contribution is -2.37. The van der Waals surface area contributed by atoms with Crippen LogP contribution in [0.1, 0.15) is 19.0 Å². The molecule has 0 amide bonds. The Morgan fingerprint density at radius 3 is 2.71 bits per heavy atom. The number of hydrogen-bond acceptors (Lipinski definition) is 5. The van der Waals surface area contributed by atoms with Crippen molar-refractivity contribution in [3.63, 3.8) is 0 Å². The Morgan fingerprint density at radius 2 is 2.24 bits per heavy atom. The number of nitrogens with zero attached hydrogens (tertiary/aromatic N) is 3. The van der Waals surface area contributed by atoms with E-state index in [4.69, 9.17) is 0 Å². The predicted octanol–water partition coefficient (Wildman–Crippen LogP) is -0.230. The van der Waals surface area contributed by atoms with Crippen LogP contribution in [0.2, 0.25) is 0 Å². The van der Waals surface area contributed by atoms with Crippen molar-refractivity contribution in [1.29, 1.82) is 0 Å².